The summed E-state index contributed by atoms with van der Waals surface area (Å²) in [4.78, 5) is 18.8. The maximum atomic E-state index is 11.1. The van der Waals surface area contributed by atoms with E-state index in [0.29, 0.717) is 6.54 Å². The molecule has 0 aliphatic carbocycles. The number of nitrogens with one attached hydrogen (secondary N) is 1. The van der Waals surface area contributed by atoms with Gasteiger partial charge in [0, 0.05) is 6.20 Å². The summed E-state index contributed by atoms with van der Waals surface area (Å²) in [7, 11) is 0. The summed E-state index contributed by atoms with van der Waals surface area (Å²) in [5.74, 6) is 0. The van der Waals surface area contributed by atoms with Gasteiger partial charge < -0.3 is 10.1 Å². The van der Waals surface area contributed by atoms with E-state index in [-0.39, 0.29) is 6.10 Å². The maximum absolute atomic E-state index is 11.1. The monoisotopic (exact) mass is 195 g/mol. The van der Waals surface area contributed by atoms with Crippen molar-refractivity contribution < 1.29 is 9.53 Å². The Bertz CT molecular complexity index is 287. The van der Waals surface area contributed by atoms with Crippen molar-refractivity contribution in [3.8, 4) is 0 Å². The van der Waals surface area contributed by atoms with Gasteiger partial charge >= 0.3 is 6.09 Å². The molecule has 0 saturated heterocycles. The molecule has 0 radical (unpaired) electrons. The van der Waals surface area contributed by atoms with E-state index in [1.165, 1.54) is 6.33 Å². The molecule has 0 atom stereocenters. The van der Waals surface area contributed by atoms with E-state index in [0.717, 1.165) is 5.69 Å². The second-order valence-electron chi connectivity index (χ2n) is 3.01. The van der Waals surface area contributed by atoms with Crippen molar-refractivity contribution in [1.82, 2.24) is 15.3 Å². The van der Waals surface area contributed by atoms with Gasteiger partial charge in [0.1, 0.15) is 6.33 Å². The Morgan fingerprint density at radius 2 is 2.43 bits per heavy atom. The average molecular weight is 195 g/mol. The molecule has 0 saturated carbocycles. The van der Waals surface area contributed by atoms with Crippen molar-refractivity contribution in [2.45, 2.75) is 26.5 Å². The summed E-state index contributed by atoms with van der Waals surface area (Å²) >= 11 is 0. The van der Waals surface area contributed by atoms with E-state index in [9.17, 15) is 4.79 Å². The van der Waals surface area contributed by atoms with Crippen LogP contribution < -0.4 is 5.32 Å². The third kappa shape index (κ3) is 3.84. The van der Waals surface area contributed by atoms with Crippen LogP contribution in [0.15, 0.2) is 18.6 Å². The molecule has 1 heterocycles. The summed E-state index contributed by atoms with van der Waals surface area (Å²) in [5, 5.41) is 2.58. The van der Waals surface area contributed by atoms with E-state index >= 15 is 0 Å². The third-order valence-corrected chi connectivity index (χ3v) is 1.40. The van der Waals surface area contributed by atoms with Crippen LogP contribution in [0.3, 0.4) is 0 Å². The Labute approximate surface area is 82.5 Å². The van der Waals surface area contributed by atoms with Gasteiger partial charge in [-0.3, -0.25) is 0 Å². The molecule has 0 fully saturated rings. The molecule has 0 aromatic carbocycles. The van der Waals surface area contributed by atoms with Crippen LogP contribution in [0.1, 0.15) is 19.5 Å². The highest BCUT2D eigenvalue weighted by Crippen LogP contribution is 1.92. The van der Waals surface area contributed by atoms with Gasteiger partial charge in [0.2, 0.25) is 0 Å². The van der Waals surface area contributed by atoms with Crippen molar-refractivity contribution in [1.29, 1.82) is 0 Å². The molecular formula is C9H13N3O2. The number of ether oxygens (including phenoxy) is 1. The van der Waals surface area contributed by atoms with Gasteiger partial charge in [-0.2, -0.15) is 0 Å². The molecule has 1 aromatic rings. The minimum absolute atomic E-state index is 0.111. The predicted molar refractivity (Wildman–Crippen MR) is 50.5 cm³/mol. The molecule has 1 aromatic heterocycles. The van der Waals surface area contributed by atoms with E-state index in [1.807, 2.05) is 0 Å². The summed E-state index contributed by atoms with van der Waals surface area (Å²) < 4.78 is 4.88. The molecule has 0 spiro atoms. The predicted octanol–water partition coefficient (Wildman–Crippen LogP) is 1.11. The van der Waals surface area contributed by atoms with E-state index in [4.69, 9.17) is 4.74 Å². The molecule has 1 amide bonds. The normalized spacial score (nSPS) is 9.93. The van der Waals surface area contributed by atoms with Crippen LogP contribution >= 0.6 is 0 Å². The number of rotatable bonds is 3. The fourth-order valence-electron chi connectivity index (χ4n) is 0.841. The van der Waals surface area contributed by atoms with Gasteiger partial charge in [-0.15, -0.1) is 0 Å². The SMILES string of the molecule is CC(C)OC(=O)NCc1ccncn1. The molecule has 1 N–H and O–H groups in total. The van der Waals surface area contributed by atoms with Gasteiger partial charge in [0.25, 0.3) is 0 Å². The topological polar surface area (TPSA) is 64.1 Å². The Morgan fingerprint density at radius 3 is 3.00 bits per heavy atom. The van der Waals surface area contributed by atoms with Crippen LogP contribution in [-0.2, 0) is 11.3 Å². The number of aromatic nitrogens is 2. The summed E-state index contributed by atoms with van der Waals surface area (Å²) in [6, 6.07) is 1.73. The van der Waals surface area contributed by atoms with Crippen LogP contribution in [-0.4, -0.2) is 22.2 Å². The second kappa shape index (κ2) is 5.16. The Kier molecular flexibility index (Phi) is 3.84. The van der Waals surface area contributed by atoms with Crippen molar-refractivity contribution in [2.24, 2.45) is 0 Å². The fourth-order valence-corrected chi connectivity index (χ4v) is 0.841. The zero-order chi connectivity index (χ0) is 10.4. The molecular weight excluding hydrogens is 182 g/mol. The molecule has 0 bridgehead atoms. The Morgan fingerprint density at radius 1 is 1.64 bits per heavy atom. The number of nitrogens with zero attached hydrogens (tertiary/aromatic N) is 2. The van der Waals surface area contributed by atoms with Crippen LogP contribution in [0.2, 0.25) is 0 Å². The molecule has 5 nitrogen and oxygen atoms in total. The van der Waals surface area contributed by atoms with Gasteiger partial charge in [-0.1, -0.05) is 0 Å². The molecule has 76 valence electrons. The summed E-state index contributed by atoms with van der Waals surface area (Å²) in [6.07, 6.45) is 2.52. The lowest BCUT2D eigenvalue weighted by Gasteiger charge is -2.08. The zero-order valence-corrected chi connectivity index (χ0v) is 8.23. The lowest BCUT2D eigenvalue weighted by atomic mass is 10.4. The Balaban J connectivity index is 2.31. The van der Waals surface area contributed by atoms with Crippen LogP contribution in [0.25, 0.3) is 0 Å². The van der Waals surface area contributed by atoms with Gasteiger partial charge in [0.05, 0.1) is 18.3 Å². The number of hydrogen-bond donors (Lipinski definition) is 1. The fraction of sp³-hybridized carbons (Fsp3) is 0.444. The quantitative estimate of drug-likeness (QED) is 0.784. The van der Waals surface area contributed by atoms with E-state index in [1.54, 1.807) is 26.1 Å². The maximum Gasteiger partial charge on any atom is 0.407 e. The standard InChI is InChI=1S/C9H13N3O2/c1-7(2)14-9(13)11-5-8-3-4-10-6-12-8/h3-4,6-7H,5H2,1-2H3,(H,11,13). The molecule has 0 aliphatic heterocycles. The van der Waals surface area contributed by atoms with E-state index < -0.39 is 6.09 Å². The van der Waals surface area contributed by atoms with Crippen molar-refractivity contribution in [3.63, 3.8) is 0 Å². The minimum Gasteiger partial charge on any atom is -0.447 e. The van der Waals surface area contributed by atoms with Crippen molar-refractivity contribution in [3.05, 3.63) is 24.3 Å². The van der Waals surface area contributed by atoms with E-state index in [2.05, 4.69) is 15.3 Å². The number of hydrogen-bond acceptors (Lipinski definition) is 4. The highest BCUT2D eigenvalue weighted by Gasteiger charge is 2.03. The first kappa shape index (κ1) is 10.4. The number of alkyl carbamates (subject to hydrolysis) is 1. The first-order chi connectivity index (χ1) is 6.68. The number of amides is 1. The molecule has 14 heavy (non-hydrogen) atoms. The largest absolute Gasteiger partial charge is 0.447 e. The van der Waals surface area contributed by atoms with Crippen LogP contribution in [0, 0.1) is 0 Å². The summed E-state index contributed by atoms with van der Waals surface area (Å²) in [5.41, 5.74) is 0.751. The number of carbonyl (C=O) groups is 1. The highest BCUT2D eigenvalue weighted by molar-refractivity contribution is 5.67. The summed E-state index contributed by atoms with van der Waals surface area (Å²) in [6.45, 7) is 3.95. The highest BCUT2D eigenvalue weighted by atomic mass is 16.6. The first-order valence-corrected chi connectivity index (χ1v) is 4.38. The lowest BCUT2D eigenvalue weighted by Crippen LogP contribution is -2.26. The van der Waals surface area contributed by atoms with Gasteiger partial charge in [-0.05, 0) is 19.9 Å². The minimum atomic E-state index is -0.432. The van der Waals surface area contributed by atoms with Crippen LogP contribution in [0.4, 0.5) is 4.79 Å². The van der Waals surface area contributed by atoms with Gasteiger partial charge in [-0.25, -0.2) is 14.8 Å². The molecule has 0 aliphatic rings. The first-order valence-electron chi connectivity index (χ1n) is 4.38. The molecule has 1 rings (SSSR count). The van der Waals surface area contributed by atoms with Crippen molar-refractivity contribution >= 4 is 6.09 Å². The van der Waals surface area contributed by atoms with Gasteiger partial charge in [0.15, 0.2) is 0 Å². The average Bonchev–Trinajstić information content (AvgIpc) is 2.15. The third-order valence-electron chi connectivity index (χ3n) is 1.40. The molecule has 5 heteroatoms. The molecule has 0 unspecified atom stereocenters. The Hall–Kier alpha value is -1.65. The smallest absolute Gasteiger partial charge is 0.407 e. The number of carbonyl (C=O) groups excluding carboxylic acids is 1. The van der Waals surface area contributed by atoms with Crippen LogP contribution in [0.5, 0.6) is 0 Å². The van der Waals surface area contributed by atoms with Crippen molar-refractivity contribution in [2.75, 3.05) is 0 Å². The zero-order valence-electron chi connectivity index (χ0n) is 8.23. The lowest BCUT2D eigenvalue weighted by molar-refractivity contribution is 0.115. The second-order valence-corrected chi connectivity index (χ2v) is 3.01.